The maximum Gasteiger partial charge on any atom is 0.128 e. The number of nitrogens with one attached hydrogen (secondary N) is 1. The lowest BCUT2D eigenvalue weighted by Gasteiger charge is -2.35. The first kappa shape index (κ1) is 14.5. The van der Waals surface area contributed by atoms with Gasteiger partial charge in [-0.3, -0.25) is 4.90 Å². The molecule has 0 aliphatic carbocycles. The fraction of sp³-hybridized carbons (Fsp3) is 0.625. The second kappa shape index (κ2) is 7.01. The van der Waals surface area contributed by atoms with E-state index in [4.69, 9.17) is 0 Å². The third kappa shape index (κ3) is 3.77. The SMILES string of the molecule is CCCC[C@H](c1ccc(C)cc1F)N1CCNCC1. The van der Waals surface area contributed by atoms with Crippen molar-refractivity contribution in [3.8, 4) is 0 Å². The van der Waals surface area contributed by atoms with Crippen molar-refractivity contribution in [1.29, 1.82) is 0 Å². The summed E-state index contributed by atoms with van der Waals surface area (Å²) in [4.78, 5) is 2.43. The maximum atomic E-state index is 14.2. The van der Waals surface area contributed by atoms with Crippen molar-refractivity contribution in [1.82, 2.24) is 10.2 Å². The predicted molar refractivity (Wildman–Crippen MR) is 77.8 cm³/mol. The van der Waals surface area contributed by atoms with E-state index in [1.165, 1.54) is 0 Å². The number of benzene rings is 1. The molecule has 2 nitrogen and oxygen atoms in total. The first-order chi connectivity index (χ1) is 9.22. The second-order valence-electron chi connectivity index (χ2n) is 5.47. The second-order valence-corrected chi connectivity index (χ2v) is 5.47. The minimum absolute atomic E-state index is 0.0420. The Hall–Kier alpha value is -0.930. The summed E-state index contributed by atoms with van der Waals surface area (Å²) in [5.41, 5.74) is 1.87. The molecule has 3 heteroatoms. The number of hydrogen-bond acceptors (Lipinski definition) is 2. The summed E-state index contributed by atoms with van der Waals surface area (Å²) < 4.78 is 14.2. The molecule has 0 amide bonds. The van der Waals surface area contributed by atoms with Crippen LogP contribution in [0.1, 0.15) is 43.4 Å². The van der Waals surface area contributed by atoms with E-state index in [0.717, 1.165) is 56.6 Å². The molecule has 1 saturated heterocycles. The van der Waals surface area contributed by atoms with Gasteiger partial charge in [0, 0.05) is 37.8 Å². The Morgan fingerprint density at radius 2 is 2.05 bits per heavy atom. The first-order valence-corrected chi connectivity index (χ1v) is 7.43. The van der Waals surface area contributed by atoms with Gasteiger partial charge in [-0.2, -0.15) is 0 Å². The van der Waals surface area contributed by atoms with Gasteiger partial charge in [-0.15, -0.1) is 0 Å². The molecule has 0 saturated carbocycles. The van der Waals surface area contributed by atoms with Gasteiger partial charge in [0.25, 0.3) is 0 Å². The summed E-state index contributed by atoms with van der Waals surface area (Å²) >= 11 is 0. The summed E-state index contributed by atoms with van der Waals surface area (Å²) in [6.07, 6.45) is 3.37. The van der Waals surface area contributed by atoms with E-state index >= 15 is 0 Å². The summed E-state index contributed by atoms with van der Waals surface area (Å²) in [5.74, 6) is -0.0420. The van der Waals surface area contributed by atoms with Crippen molar-refractivity contribution >= 4 is 0 Å². The lowest BCUT2D eigenvalue weighted by Crippen LogP contribution is -2.45. The highest BCUT2D eigenvalue weighted by Crippen LogP contribution is 2.29. The number of unbranched alkanes of at least 4 members (excludes halogenated alkanes) is 1. The molecule has 0 spiro atoms. The highest BCUT2D eigenvalue weighted by molar-refractivity contribution is 5.26. The topological polar surface area (TPSA) is 15.3 Å². The van der Waals surface area contributed by atoms with Crippen LogP contribution < -0.4 is 5.32 Å². The largest absolute Gasteiger partial charge is 0.314 e. The van der Waals surface area contributed by atoms with Gasteiger partial charge in [-0.1, -0.05) is 31.9 Å². The molecular formula is C16H25FN2. The average Bonchev–Trinajstić information content (AvgIpc) is 2.42. The number of aryl methyl sites for hydroxylation is 1. The normalized spacial score (nSPS) is 18.5. The van der Waals surface area contributed by atoms with Crippen molar-refractivity contribution in [2.75, 3.05) is 26.2 Å². The van der Waals surface area contributed by atoms with E-state index in [2.05, 4.69) is 17.1 Å². The quantitative estimate of drug-likeness (QED) is 0.878. The molecule has 1 aromatic rings. The Labute approximate surface area is 116 Å². The summed E-state index contributed by atoms with van der Waals surface area (Å²) in [6.45, 7) is 8.19. The number of halogens is 1. The highest BCUT2D eigenvalue weighted by atomic mass is 19.1. The molecule has 19 heavy (non-hydrogen) atoms. The van der Waals surface area contributed by atoms with Crippen LogP contribution in [0.15, 0.2) is 18.2 Å². The maximum absolute atomic E-state index is 14.2. The summed E-state index contributed by atoms with van der Waals surface area (Å²) in [7, 11) is 0. The standard InChI is InChI=1S/C16H25FN2/c1-3-4-5-16(19-10-8-18-9-11-19)14-7-6-13(2)12-15(14)17/h6-7,12,16,18H,3-5,8-11H2,1-2H3/t16-/m1/s1. The van der Waals surface area contributed by atoms with Crippen molar-refractivity contribution in [3.05, 3.63) is 35.1 Å². The molecule has 1 aromatic carbocycles. The third-order valence-electron chi connectivity index (χ3n) is 3.94. The van der Waals surface area contributed by atoms with Crippen LogP contribution in [0.25, 0.3) is 0 Å². The molecule has 1 fully saturated rings. The Bertz CT molecular complexity index is 400. The molecule has 1 aliphatic heterocycles. The van der Waals surface area contributed by atoms with Gasteiger partial charge in [0.2, 0.25) is 0 Å². The molecule has 1 atom stereocenters. The highest BCUT2D eigenvalue weighted by Gasteiger charge is 2.23. The van der Waals surface area contributed by atoms with E-state index in [-0.39, 0.29) is 11.9 Å². The Kier molecular flexibility index (Phi) is 5.34. The van der Waals surface area contributed by atoms with E-state index in [1.54, 1.807) is 6.07 Å². The molecule has 0 aromatic heterocycles. The van der Waals surface area contributed by atoms with E-state index in [0.29, 0.717) is 0 Å². The van der Waals surface area contributed by atoms with Crippen molar-refractivity contribution in [2.24, 2.45) is 0 Å². The van der Waals surface area contributed by atoms with Gasteiger partial charge in [0.1, 0.15) is 5.82 Å². The van der Waals surface area contributed by atoms with Crippen molar-refractivity contribution in [3.63, 3.8) is 0 Å². The van der Waals surface area contributed by atoms with Crippen LogP contribution in [0.3, 0.4) is 0 Å². The number of nitrogens with zero attached hydrogens (tertiary/aromatic N) is 1. The zero-order valence-electron chi connectivity index (χ0n) is 12.1. The van der Waals surface area contributed by atoms with Crippen LogP contribution in [0, 0.1) is 12.7 Å². The number of rotatable bonds is 5. The van der Waals surface area contributed by atoms with Crippen LogP contribution >= 0.6 is 0 Å². The minimum atomic E-state index is -0.0420. The Morgan fingerprint density at radius 1 is 1.32 bits per heavy atom. The van der Waals surface area contributed by atoms with Gasteiger partial charge in [-0.25, -0.2) is 4.39 Å². The van der Waals surface area contributed by atoms with Gasteiger partial charge < -0.3 is 5.32 Å². The van der Waals surface area contributed by atoms with Crippen LogP contribution in [0.4, 0.5) is 4.39 Å². The van der Waals surface area contributed by atoms with E-state index in [9.17, 15) is 4.39 Å². The molecule has 0 unspecified atom stereocenters. The smallest absolute Gasteiger partial charge is 0.128 e. The zero-order chi connectivity index (χ0) is 13.7. The summed E-state index contributed by atoms with van der Waals surface area (Å²) in [5, 5.41) is 3.37. The van der Waals surface area contributed by atoms with E-state index < -0.39 is 0 Å². The number of hydrogen-bond donors (Lipinski definition) is 1. The molecule has 1 heterocycles. The molecule has 1 N–H and O–H groups in total. The Balaban J connectivity index is 2.19. The fourth-order valence-corrected chi connectivity index (χ4v) is 2.83. The van der Waals surface area contributed by atoms with Crippen molar-refractivity contribution in [2.45, 2.75) is 39.2 Å². The van der Waals surface area contributed by atoms with Gasteiger partial charge in [-0.05, 0) is 25.0 Å². The van der Waals surface area contributed by atoms with Crippen molar-refractivity contribution < 1.29 is 4.39 Å². The minimum Gasteiger partial charge on any atom is -0.314 e. The molecule has 106 valence electrons. The lowest BCUT2D eigenvalue weighted by molar-refractivity contribution is 0.160. The monoisotopic (exact) mass is 264 g/mol. The van der Waals surface area contributed by atoms with Crippen LogP contribution in [0.2, 0.25) is 0 Å². The van der Waals surface area contributed by atoms with Crippen LogP contribution in [-0.4, -0.2) is 31.1 Å². The van der Waals surface area contributed by atoms with Gasteiger partial charge in [0.15, 0.2) is 0 Å². The molecule has 0 radical (unpaired) electrons. The lowest BCUT2D eigenvalue weighted by atomic mass is 9.97. The van der Waals surface area contributed by atoms with Gasteiger partial charge in [0.05, 0.1) is 0 Å². The molecule has 0 bridgehead atoms. The fourth-order valence-electron chi connectivity index (χ4n) is 2.83. The molecular weight excluding hydrogens is 239 g/mol. The first-order valence-electron chi connectivity index (χ1n) is 7.43. The van der Waals surface area contributed by atoms with Gasteiger partial charge >= 0.3 is 0 Å². The zero-order valence-corrected chi connectivity index (χ0v) is 12.1. The average molecular weight is 264 g/mol. The number of piperazine rings is 1. The molecule has 2 rings (SSSR count). The van der Waals surface area contributed by atoms with Crippen LogP contribution in [-0.2, 0) is 0 Å². The molecule has 1 aliphatic rings. The van der Waals surface area contributed by atoms with E-state index in [1.807, 2.05) is 19.1 Å². The third-order valence-corrected chi connectivity index (χ3v) is 3.94. The summed E-state index contributed by atoms with van der Waals surface area (Å²) in [6, 6.07) is 5.91. The predicted octanol–water partition coefficient (Wildman–Crippen LogP) is 3.27. The van der Waals surface area contributed by atoms with Crippen LogP contribution in [0.5, 0.6) is 0 Å². The Morgan fingerprint density at radius 3 is 2.68 bits per heavy atom.